The Hall–Kier alpha value is -2.90. The van der Waals surface area contributed by atoms with Gasteiger partial charge in [0.15, 0.2) is 0 Å². The molecule has 0 amide bonds. The summed E-state index contributed by atoms with van der Waals surface area (Å²) in [7, 11) is 0. The third-order valence-corrected chi connectivity index (χ3v) is 6.28. The molecule has 0 aliphatic carbocycles. The maximum Gasteiger partial charge on any atom is 0.353 e. The van der Waals surface area contributed by atoms with E-state index < -0.39 is 4.92 Å². The standard InChI is InChI=1S/C22H30N6O2/c1-16-6-5-11-27(15-16)22-24-20(23)19(28(29)30)21(25-22)26-12-9-18(10-13-26)14-17-7-3-2-4-8-17/h2-4,7-8,16,18H,5-6,9-15H2,1H3,(H2,23,24,25). The van der Waals surface area contributed by atoms with E-state index in [1.807, 2.05) is 11.0 Å². The minimum absolute atomic E-state index is 0.0374. The van der Waals surface area contributed by atoms with Crippen molar-refractivity contribution >= 4 is 23.3 Å². The topological polar surface area (TPSA) is 101 Å². The zero-order valence-electron chi connectivity index (χ0n) is 17.5. The van der Waals surface area contributed by atoms with Gasteiger partial charge in [0.1, 0.15) is 0 Å². The summed E-state index contributed by atoms with van der Waals surface area (Å²) in [4.78, 5) is 24.4. The fourth-order valence-corrected chi connectivity index (χ4v) is 4.65. The van der Waals surface area contributed by atoms with Gasteiger partial charge in [0.25, 0.3) is 0 Å². The third-order valence-electron chi connectivity index (χ3n) is 6.28. The van der Waals surface area contributed by atoms with Crippen LogP contribution in [-0.2, 0) is 6.42 Å². The Morgan fingerprint density at radius 1 is 1.10 bits per heavy atom. The maximum atomic E-state index is 11.7. The first-order valence-corrected chi connectivity index (χ1v) is 10.9. The predicted molar refractivity (Wildman–Crippen MR) is 119 cm³/mol. The molecule has 1 aromatic heterocycles. The van der Waals surface area contributed by atoms with Crippen molar-refractivity contribution in [2.45, 2.75) is 39.0 Å². The lowest BCUT2D eigenvalue weighted by molar-refractivity contribution is -0.383. The van der Waals surface area contributed by atoms with Crippen LogP contribution in [0.5, 0.6) is 0 Å². The summed E-state index contributed by atoms with van der Waals surface area (Å²) in [5.74, 6) is 1.98. The Morgan fingerprint density at radius 2 is 1.83 bits per heavy atom. The second kappa shape index (κ2) is 8.85. The molecule has 0 saturated carbocycles. The van der Waals surface area contributed by atoms with Crippen molar-refractivity contribution in [3.8, 4) is 0 Å². The van der Waals surface area contributed by atoms with Crippen LogP contribution in [0.15, 0.2) is 30.3 Å². The number of hydrogen-bond donors (Lipinski definition) is 1. The normalized spacial score (nSPS) is 20.4. The average molecular weight is 411 g/mol. The SMILES string of the molecule is CC1CCCN(c2nc(N)c([N+](=O)[O-])c(N3CCC(Cc4ccccc4)CC3)n2)C1. The summed E-state index contributed by atoms with van der Waals surface area (Å²) in [6, 6.07) is 10.5. The average Bonchev–Trinajstić information content (AvgIpc) is 2.74. The lowest BCUT2D eigenvalue weighted by Gasteiger charge is -2.34. The second-order valence-electron chi connectivity index (χ2n) is 8.65. The Morgan fingerprint density at radius 3 is 2.50 bits per heavy atom. The van der Waals surface area contributed by atoms with Crippen LogP contribution in [0.3, 0.4) is 0 Å². The number of aromatic nitrogens is 2. The van der Waals surface area contributed by atoms with E-state index >= 15 is 0 Å². The van der Waals surface area contributed by atoms with E-state index in [4.69, 9.17) is 5.73 Å². The number of rotatable bonds is 5. The molecule has 2 aromatic rings. The fraction of sp³-hybridized carbons (Fsp3) is 0.545. The molecule has 2 saturated heterocycles. The number of hydrogen-bond acceptors (Lipinski definition) is 7. The van der Waals surface area contributed by atoms with Gasteiger partial charge in [-0.2, -0.15) is 9.97 Å². The zero-order chi connectivity index (χ0) is 21.1. The van der Waals surface area contributed by atoms with E-state index in [1.165, 1.54) is 12.0 Å². The number of nitrogen functional groups attached to an aromatic ring is 1. The Labute approximate surface area is 177 Å². The van der Waals surface area contributed by atoms with Gasteiger partial charge in [0.2, 0.25) is 17.6 Å². The smallest absolute Gasteiger partial charge is 0.353 e. The number of benzene rings is 1. The van der Waals surface area contributed by atoms with E-state index in [1.54, 1.807) is 0 Å². The van der Waals surface area contributed by atoms with Crippen LogP contribution < -0.4 is 15.5 Å². The highest BCUT2D eigenvalue weighted by Crippen LogP contribution is 2.36. The molecule has 2 aliphatic heterocycles. The Bertz CT molecular complexity index is 883. The van der Waals surface area contributed by atoms with Crippen LogP contribution in [0.4, 0.5) is 23.3 Å². The highest BCUT2D eigenvalue weighted by Gasteiger charge is 2.31. The zero-order valence-corrected chi connectivity index (χ0v) is 17.5. The van der Waals surface area contributed by atoms with Gasteiger partial charge in [0, 0.05) is 26.2 Å². The van der Waals surface area contributed by atoms with Gasteiger partial charge in [-0.3, -0.25) is 10.1 Å². The highest BCUT2D eigenvalue weighted by atomic mass is 16.6. The molecule has 0 spiro atoms. The summed E-state index contributed by atoms with van der Waals surface area (Å²) < 4.78 is 0. The van der Waals surface area contributed by atoms with E-state index in [2.05, 4.69) is 46.1 Å². The molecule has 8 nitrogen and oxygen atoms in total. The van der Waals surface area contributed by atoms with Crippen LogP contribution in [0.25, 0.3) is 0 Å². The molecule has 8 heteroatoms. The van der Waals surface area contributed by atoms with Crippen molar-refractivity contribution in [3.63, 3.8) is 0 Å². The van der Waals surface area contributed by atoms with Crippen molar-refractivity contribution in [2.24, 2.45) is 11.8 Å². The fourth-order valence-electron chi connectivity index (χ4n) is 4.65. The number of piperidine rings is 2. The van der Waals surface area contributed by atoms with E-state index in [-0.39, 0.29) is 11.5 Å². The molecular weight excluding hydrogens is 380 g/mol. The van der Waals surface area contributed by atoms with Gasteiger partial charge in [-0.05, 0) is 49.5 Å². The van der Waals surface area contributed by atoms with Gasteiger partial charge >= 0.3 is 5.69 Å². The summed E-state index contributed by atoms with van der Waals surface area (Å²) in [6.45, 7) is 5.41. The summed E-state index contributed by atoms with van der Waals surface area (Å²) in [5, 5.41) is 11.7. The Kier molecular flexibility index (Phi) is 6.01. The molecule has 1 atom stereocenters. The largest absolute Gasteiger partial charge is 0.378 e. The molecule has 160 valence electrons. The first-order chi connectivity index (χ1) is 14.5. The van der Waals surface area contributed by atoms with Gasteiger partial charge < -0.3 is 15.5 Å². The molecule has 2 fully saturated rings. The van der Waals surface area contributed by atoms with Crippen molar-refractivity contribution < 1.29 is 4.92 Å². The minimum atomic E-state index is -0.441. The molecule has 0 radical (unpaired) electrons. The summed E-state index contributed by atoms with van der Waals surface area (Å²) in [6.07, 6.45) is 5.25. The predicted octanol–water partition coefficient (Wildman–Crippen LogP) is 3.66. The molecule has 2 N–H and O–H groups in total. The van der Waals surface area contributed by atoms with Crippen LogP contribution in [0.1, 0.15) is 38.2 Å². The van der Waals surface area contributed by atoms with Gasteiger partial charge in [-0.25, -0.2) is 0 Å². The molecule has 0 bridgehead atoms. The van der Waals surface area contributed by atoms with Crippen LogP contribution in [0.2, 0.25) is 0 Å². The van der Waals surface area contributed by atoms with Gasteiger partial charge in [-0.15, -0.1) is 0 Å². The molecule has 2 aliphatic rings. The van der Waals surface area contributed by atoms with E-state index in [0.717, 1.165) is 51.9 Å². The highest BCUT2D eigenvalue weighted by molar-refractivity contribution is 5.71. The second-order valence-corrected chi connectivity index (χ2v) is 8.65. The molecule has 1 unspecified atom stereocenters. The lowest BCUT2D eigenvalue weighted by Crippen LogP contribution is -2.38. The van der Waals surface area contributed by atoms with Crippen LogP contribution >= 0.6 is 0 Å². The molecule has 30 heavy (non-hydrogen) atoms. The molecule has 4 rings (SSSR count). The number of anilines is 3. The number of nitro groups is 1. The number of nitrogens with two attached hydrogens (primary N) is 1. The van der Waals surface area contributed by atoms with E-state index in [0.29, 0.717) is 23.6 Å². The monoisotopic (exact) mass is 410 g/mol. The van der Waals surface area contributed by atoms with E-state index in [9.17, 15) is 10.1 Å². The van der Waals surface area contributed by atoms with Crippen molar-refractivity contribution in [3.05, 3.63) is 46.0 Å². The van der Waals surface area contributed by atoms with Crippen LogP contribution in [0, 0.1) is 22.0 Å². The van der Waals surface area contributed by atoms with Crippen molar-refractivity contribution in [1.82, 2.24) is 9.97 Å². The maximum absolute atomic E-state index is 11.7. The van der Waals surface area contributed by atoms with Crippen LogP contribution in [-0.4, -0.2) is 41.1 Å². The first kappa shape index (κ1) is 20.4. The van der Waals surface area contributed by atoms with Gasteiger partial charge in [0.05, 0.1) is 4.92 Å². The summed E-state index contributed by atoms with van der Waals surface area (Å²) in [5.41, 5.74) is 7.24. The lowest BCUT2D eigenvalue weighted by atomic mass is 9.90. The van der Waals surface area contributed by atoms with Gasteiger partial charge in [-0.1, -0.05) is 37.3 Å². The molecule has 1 aromatic carbocycles. The molecular formula is C22H30N6O2. The third kappa shape index (κ3) is 4.47. The number of nitrogens with zero attached hydrogens (tertiary/aromatic N) is 5. The molecule has 3 heterocycles. The minimum Gasteiger partial charge on any atom is -0.378 e. The quantitative estimate of drug-likeness (QED) is 0.593. The van der Waals surface area contributed by atoms with Crippen molar-refractivity contribution in [1.29, 1.82) is 0 Å². The first-order valence-electron chi connectivity index (χ1n) is 10.9. The summed E-state index contributed by atoms with van der Waals surface area (Å²) >= 11 is 0. The Balaban J connectivity index is 1.53. The van der Waals surface area contributed by atoms with Crippen molar-refractivity contribution in [2.75, 3.05) is 41.7 Å².